The minimum absolute atomic E-state index is 0.0916. The lowest BCUT2D eigenvalue weighted by Gasteiger charge is -2.46. The maximum Gasteiger partial charge on any atom is 0.113 e. The first-order valence-electron chi connectivity index (χ1n) is 5.40. The minimum Gasteiger partial charge on any atom is -0.381 e. The standard InChI is InChI=1S/C11H18N2OS/c1-4-12-11(5-9(6-11)14-3)10-13-8(2)7-15-10/h7,9,12H,4-6H2,1-3H3. The lowest BCUT2D eigenvalue weighted by Crippen LogP contribution is -2.55. The summed E-state index contributed by atoms with van der Waals surface area (Å²) in [6.45, 7) is 5.17. The van der Waals surface area contributed by atoms with E-state index in [0.29, 0.717) is 6.10 Å². The molecular formula is C11H18N2OS. The summed E-state index contributed by atoms with van der Waals surface area (Å²) in [4.78, 5) is 4.59. The van der Waals surface area contributed by atoms with Crippen molar-refractivity contribution >= 4 is 11.3 Å². The molecule has 2 rings (SSSR count). The van der Waals surface area contributed by atoms with Gasteiger partial charge >= 0.3 is 0 Å². The van der Waals surface area contributed by atoms with Crippen LogP contribution in [0.2, 0.25) is 0 Å². The van der Waals surface area contributed by atoms with Crippen LogP contribution in [-0.4, -0.2) is 24.7 Å². The van der Waals surface area contributed by atoms with Crippen molar-refractivity contribution in [1.29, 1.82) is 0 Å². The largest absolute Gasteiger partial charge is 0.381 e. The lowest BCUT2D eigenvalue weighted by molar-refractivity contribution is -0.0325. The SMILES string of the molecule is CCNC1(c2nc(C)cs2)CC(OC)C1. The number of aryl methyl sites for hydroxylation is 1. The van der Waals surface area contributed by atoms with Gasteiger partial charge in [0, 0.05) is 18.2 Å². The van der Waals surface area contributed by atoms with E-state index in [1.807, 2.05) is 6.92 Å². The summed E-state index contributed by atoms with van der Waals surface area (Å²) in [5.41, 5.74) is 1.21. The predicted molar refractivity (Wildman–Crippen MR) is 62.2 cm³/mol. The van der Waals surface area contributed by atoms with Gasteiger partial charge in [0.1, 0.15) is 5.01 Å². The minimum atomic E-state index is 0.0916. The molecule has 0 radical (unpaired) electrons. The maximum atomic E-state index is 5.35. The summed E-state index contributed by atoms with van der Waals surface area (Å²) in [6, 6.07) is 0. The molecule has 0 unspecified atom stereocenters. The molecule has 15 heavy (non-hydrogen) atoms. The fraction of sp³-hybridized carbons (Fsp3) is 0.727. The molecule has 84 valence electrons. The maximum absolute atomic E-state index is 5.35. The van der Waals surface area contributed by atoms with Gasteiger partial charge in [-0.25, -0.2) is 4.98 Å². The van der Waals surface area contributed by atoms with E-state index >= 15 is 0 Å². The van der Waals surface area contributed by atoms with Crippen molar-refractivity contribution in [3.05, 3.63) is 16.1 Å². The number of rotatable bonds is 4. The first-order valence-corrected chi connectivity index (χ1v) is 6.28. The Morgan fingerprint density at radius 3 is 2.87 bits per heavy atom. The first kappa shape index (κ1) is 11.0. The first-order chi connectivity index (χ1) is 7.20. The molecule has 1 aromatic rings. The Labute approximate surface area is 94.9 Å². The zero-order valence-electron chi connectivity index (χ0n) is 9.54. The molecule has 3 nitrogen and oxygen atoms in total. The third-order valence-electron chi connectivity index (χ3n) is 3.03. The highest BCUT2D eigenvalue weighted by Gasteiger charge is 2.47. The number of hydrogen-bond donors (Lipinski definition) is 1. The summed E-state index contributed by atoms with van der Waals surface area (Å²) in [5, 5.41) is 6.89. The van der Waals surface area contributed by atoms with Gasteiger partial charge in [-0.05, 0) is 26.3 Å². The van der Waals surface area contributed by atoms with Crippen LogP contribution >= 0.6 is 11.3 Å². The average molecular weight is 226 g/mol. The van der Waals surface area contributed by atoms with Gasteiger partial charge < -0.3 is 10.1 Å². The topological polar surface area (TPSA) is 34.2 Å². The van der Waals surface area contributed by atoms with E-state index in [2.05, 4.69) is 22.6 Å². The predicted octanol–water partition coefficient (Wildman–Crippen LogP) is 2.07. The Hall–Kier alpha value is -0.450. The van der Waals surface area contributed by atoms with Crippen molar-refractivity contribution in [1.82, 2.24) is 10.3 Å². The van der Waals surface area contributed by atoms with Crippen molar-refractivity contribution in [3.63, 3.8) is 0 Å². The van der Waals surface area contributed by atoms with E-state index in [1.165, 1.54) is 5.01 Å². The molecule has 0 saturated heterocycles. The second kappa shape index (κ2) is 4.20. The fourth-order valence-electron chi connectivity index (χ4n) is 2.19. The quantitative estimate of drug-likeness (QED) is 0.853. The van der Waals surface area contributed by atoms with Gasteiger partial charge in [0.15, 0.2) is 0 Å². The molecule has 1 fully saturated rings. The van der Waals surface area contributed by atoms with Crippen molar-refractivity contribution in [2.45, 2.75) is 38.3 Å². The molecule has 1 N–H and O–H groups in total. The molecule has 1 aromatic heterocycles. The highest BCUT2D eigenvalue weighted by molar-refractivity contribution is 7.09. The van der Waals surface area contributed by atoms with Crippen LogP contribution in [0, 0.1) is 6.92 Å². The van der Waals surface area contributed by atoms with Crippen molar-refractivity contribution in [2.75, 3.05) is 13.7 Å². The van der Waals surface area contributed by atoms with Gasteiger partial charge in [-0.15, -0.1) is 11.3 Å². The lowest BCUT2D eigenvalue weighted by atomic mass is 9.74. The van der Waals surface area contributed by atoms with E-state index in [1.54, 1.807) is 18.4 Å². The summed E-state index contributed by atoms with van der Waals surface area (Å²) >= 11 is 1.76. The number of aromatic nitrogens is 1. The Balaban J connectivity index is 2.14. The molecule has 0 bridgehead atoms. The second-order valence-electron chi connectivity index (χ2n) is 4.17. The number of ether oxygens (including phenoxy) is 1. The monoisotopic (exact) mass is 226 g/mol. The third kappa shape index (κ3) is 1.94. The normalized spacial score (nSPS) is 30.2. The zero-order chi connectivity index (χ0) is 10.9. The van der Waals surface area contributed by atoms with Gasteiger partial charge in [-0.1, -0.05) is 6.92 Å². The van der Waals surface area contributed by atoms with Crippen molar-refractivity contribution in [3.8, 4) is 0 Å². The molecule has 1 aliphatic rings. The van der Waals surface area contributed by atoms with Crippen LogP contribution in [0.1, 0.15) is 30.5 Å². The smallest absolute Gasteiger partial charge is 0.113 e. The highest BCUT2D eigenvalue weighted by Crippen LogP contribution is 2.43. The number of nitrogens with zero attached hydrogens (tertiary/aromatic N) is 1. The van der Waals surface area contributed by atoms with Gasteiger partial charge in [0.25, 0.3) is 0 Å². The number of hydrogen-bond acceptors (Lipinski definition) is 4. The molecule has 0 aliphatic heterocycles. The molecule has 0 aromatic carbocycles. The van der Waals surface area contributed by atoms with Crippen LogP contribution in [0.3, 0.4) is 0 Å². The Morgan fingerprint density at radius 2 is 2.40 bits per heavy atom. The van der Waals surface area contributed by atoms with E-state index in [0.717, 1.165) is 25.1 Å². The van der Waals surface area contributed by atoms with Crippen LogP contribution in [0.5, 0.6) is 0 Å². The van der Waals surface area contributed by atoms with Crippen LogP contribution < -0.4 is 5.32 Å². The zero-order valence-corrected chi connectivity index (χ0v) is 10.4. The summed E-state index contributed by atoms with van der Waals surface area (Å²) in [6.07, 6.45) is 2.49. The molecule has 0 spiro atoms. The highest BCUT2D eigenvalue weighted by atomic mass is 32.1. The van der Waals surface area contributed by atoms with Gasteiger partial charge in [0.05, 0.1) is 11.6 Å². The average Bonchev–Trinajstić information content (AvgIpc) is 2.58. The number of methoxy groups -OCH3 is 1. The van der Waals surface area contributed by atoms with E-state index in [-0.39, 0.29) is 5.54 Å². The van der Waals surface area contributed by atoms with Gasteiger partial charge in [-0.3, -0.25) is 0 Å². The van der Waals surface area contributed by atoms with Crippen LogP contribution in [0.25, 0.3) is 0 Å². The Morgan fingerprint density at radius 1 is 1.67 bits per heavy atom. The Kier molecular flexibility index (Phi) is 3.09. The summed E-state index contributed by atoms with van der Waals surface area (Å²) < 4.78 is 5.35. The van der Waals surface area contributed by atoms with Gasteiger partial charge in [0.2, 0.25) is 0 Å². The van der Waals surface area contributed by atoms with E-state index < -0.39 is 0 Å². The molecule has 4 heteroatoms. The second-order valence-corrected chi connectivity index (χ2v) is 5.03. The number of nitrogens with one attached hydrogen (secondary N) is 1. The molecule has 0 amide bonds. The van der Waals surface area contributed by atoms with Crippen molar-refractivity contribution in [2.24, 2.45) is 0 Å². The Bertz CT molecular complexity index is 331. The fourth-order valence-corrected chi connectivity index (χ4v) is 3.19. The summed E-state index contributed by atoms with van der Waals surface area (Å²) in [7, 11) is 1.79. The molecule has 0 atom stereocenters. The van der Waals surface area contributed by atoms with E-state index in [9.17, 15) is 0 Å². The van der Waals surface area contributed by atoms with Crippen molar-refractivity contribution < 1.29 is 4.74 Å². The van der Waals surface area contributed by atoms with Gasteiger partial charge in [-0.2, -0.15) is 0 Å². The molecule has 1 heterocycles. The van der Waals surface area contributed by atoms with Crippen LogP contribution in [0.15, 0.2) is 5.38 Å². The number of thiazole rings is 1. The molecule has 1 saturated carbocycles. The molecule has 1 aliphatic carbocycles. The van der Waals surface area contributed by atoms with Crippen LogP contribution in [0.4, 0.5) is 0 Å². The van der Waals surface area contributed by atoms with Crippen LogP contribution in [-0.2, 0) is 10.3 Å². The van der Waals surface area contributed by atoms with E-state index in [4.69, 9.17) is 4.74 Å². The summed E-state index contributed by atoms with van der Waals surface area (Å²) in [5.74, 6) is 0. The molecular weight excluding hydrogens is 208 g/mol. The third-order valence-corrected chi connectivity index (χ3v) is 4.19.